The van der Waals surface area contributed by atoms with Crippen molar-refractivity contribution in [2.45, 2.75) is 31.1 Å². The van der Waals surface area contributed by atoms with Crippen molar-refractivity contribution >= 4 is 21.6 Å². The van der Waals surface area contributed by atoms with Crippen LogP contribution in [0.25, 0.3) is 0 Å². The van der Waals surface area contributed by atoms with Crippen molar-refractivity contribution in [3.8, 4) is 0 Å². The van der Waals surface area contributed by atoms with Gasteiger partial charge in [0.2, 0.25) is 0 Å². The van der Waals surface area contributed by atoms with Crippen molar-refractivity contribution in [3.63, 3.8) is 0 Å². The van der Waals surface area contributed by atoms with E-state index in [9.17, 15) is 8.42 Å². The van der Waals surface area contributed by atoms with Gasteiger partial charge >= 0.3 is 0 Å². The molecule has 0 radical (unpaired) electrons. The number of thioether (sulfide) groups is 1. The molecule has 20 heavy (non-hydrogen) atoms. The molecular formula is C15H25NO2S2. The number of benzene rings is 1. The molecule has 0 aliphatic carbocycles. The minimum Gasteiger partial charge on any atom is -0.315 e. The molecule has 5 heteroatoms. The van der Waals surface area contributed by atoms with Crippen LogP contribution in [0, 0.1) is 0 Å². The summed E-state index contributed by atoms with van der Waals surface area (Å²) in [7, 11) is -2.85. The second-order valence-corrected chi connectivity index (χ2v) is 9.43. The first-order valence-electron chi connectivity index (χ1n) is 6.80. The second kappa shape index (κ2) is 7.48. The van der Waals surface area contributed by atoms with Crippen LogP contribution in [0.2, 0.25) is 0 Å². The second-order valence-electron chi connectivity index (χ2n) is 6.00. The van der Waals surface area contributed by atoms with Gasteiger partial charge in [-0.05, 0) is 23.1 Å². The zero-order valence-corrected chi connectivity index (χ0v) is 14.4. The summed E-state index contributed by atoms with van der Waals surface area (Å²) in [5.74, 6) is 1.15. The van der Waals surface area contributed by atoms with E-state index in [4.69, 9.17) is 0 Å². The molecule has 3 nitrogen and oxygen atoms in total. The fourth-order valence-electron chi connectivity index (χ4n) is 1.67. The third-order valence-corrected chi connectivity index (χ3v) is 4.88. The van der Waals surface area contributed by atoms with Crippen molar-refractivity contribution in [3.05, 3.63) is 29.8 Å². The third-order valence-electron chi connectivity index (χ3n) is 2.92. The topological polar surface area (TPSA) is 46.2 Å². The molecule has 1 aromatic carbocycles. The van der Waals surface area contributed by atoms with Gasteiger partial charge in [0, 0.05) is 30.0 Å². The van der Waals surface area contributed by atoms with E-state index in [0.717, 1.165) is 12.3 Å². The van der Waals surface area contributed by atoms with Gasteiger partial charge in [-0.3, -0.25) is 0 Å². The van der Waals surface area contributed by atoms with Crippen LogP contribution in [0.3, 0.4) is 0 Å². The molecular weight excluding hydrogens is 290 g/mol. The van der Waals surface area contributed by atoms with Crippen molar-refractivity contribution in [2.24, 2.45) is 0 Å². The van der Waals surface area contributed by atoms with Gasteiger partial charge in [0.1, 0.15) is 9.84 Å². The van der Waals surface area contributed by atoms with Crippen LogP contribution in [0.1, 0.15) is 26.3 Å². The van der Waals surface area contributed by atoms with Crippen LogP contribution in [-0.2, 0) is 15.3 Å². The highest BCUT2D eigenvalue weighted by molar-refractivity contribution is 7.99. The molecule has 1 aromatic rings. The summed E-state index contributed by atoms with van der Waals surface area (Å²) in [4.78, 5) is 1.25. The van der Waals surface area contributed by atoms with Crippen LogP contribution >= 0.6 is 11.8 Å². The molecule has 0 heterocycles. The van der Waals surface area contributed by atoms with Gasteiger partial charge in [-0.2, -0.15) is 0 Å². The van der Waals surface area contributed by atoms with E-state index in [2.05, 4.69) is 50.4 Å². The Bertz CT molecular complexity index is 502. The SMILES string of the molecule is CC(C)(C)c1ccc(SCCNCCS(C)(=O)=O)cc1. The first-order chi connectivity index (χ1) is 9.18. The van der Waals surface area contributed by atoms with Gasteiger partial charge in [-0.1, -0.05) is 32.9 Å². The molecule has 0 bridgehead atoms. The van der Waals surface area contributed by atoms with Crippen LogP contribution in [-0.4, -0.2) is 39.3 Å². The van der Waals surface area contributed by atoms with E-state index < -0.39 is 9.84 Å². The van der Waals surface area contributed by atoms with E-state index in [1.54, 1.807) is 11.8 Å². The van der Waals surface area contributed by atoms with Crippen molar-refractivity contribution < 1.29 is 8.42 Å². The van der Waals surface area contributed by atoms with E-state index in [-0.39, 0.29) is 11.2 Å². The van der Waals surface area contributed by atoms with Crippen molar-refractivity contribution in [1.29, 1.82) is 0 Å². The molecule has 1 N–H and O–H groups in total. The molecule has 0 aromatic heterocycles. The van der Waals surface area contributed by atoms with Gasteiger partial charge in [0.25, 0.3) is 0 Å². The Balaban J connectivity index is 2.26. The standard InChI is InChI=1S/C15H25NO2S2/c1-15(2,3)13-5-7-14(8-6-13)19-11-9-16-10-12-20(4,17)18/h5-8,16H,9-12H2,1-4H3. The largest absolute Gasteiger partial charge is 0.315 e. The van der Waals surface area contributed by atoms with Crippen LogP contribution in [0.5, 0.6) is 0 Å². The first kappa shape index (κ1) is 17.5. The Labute approximate surface area is 127 Å². The quantitative estimate of drug-likeness (QED) is 0.621. The monoisotopic (exact) mass is 315 g/mol. The normalized spacial score (nSPS) is 12.6. The van der Waals surface area contributed by atoms with Gasteiger partial charge < -0.3 is 5.32 Å². The Morgan fingerprint density at radius 2 is 1.70 bits per heavy atom. The molecule has 0 saturated heterocycles. The zero-order valence-electron chi connectivity index (χ0n) is 12.8. The van der Waals surface area contributed by atoms with Crippen LogP contribution in [0.4, 0.5) is 0 Å². The average Bonchev–Trinajstić information content (AvgIpc) is 2.32. The molecule has 0 aliphatic rings. The fourth-order valence-corrected chi connectivity index (χ4v) is 3.00. The molecule has 0 spiro atoms. The van der Waals surface area contributed by atoms with Crippen LogP contribution in [0.15, 0.2) is 29.2 Å². The summed E-state index contributed by atoms with van der Waals surface area (Å²) in [5.41, 5.74) is 1.53. The smallest absolute Gasteiger partial charge is 0.148 e. The molecule has 0 aliphatic heterocycles. The first-order valence-corrected chi connectivity index (χ1v) is 9.85. The minimum atomic E-state index is -2.85. The van der Waals surface area contributed by atoms with E-state index >= 15 is 0 Å². The van der Waals surface area contributed by atoms with Crippen molar-refractivity contribution in [2.75, 3.05) is 30.9 Å². The summed E-state index contributed by atoms with van der Waals surface area (Å²) in [6.07, 6.45) is 1.26. The predicted molar refractivity (Wildman–Crippen MR) is 88.4 cm³/mol. The lowest BCUT2D eigenvalue weighted by atomic mass is 9.87. The van der Waals surface area contributed by atoms with Crippen LogP contribution < -0.4 is 5.32 Å². The lowest BCUT2D eigenvalue weighted by Crippen LogP contribution is -2.24. The van der Waals surface area contributed by atoms with Gasteiger partial charge in [0.15, 0.2) is 0 Å². The van der Waals surface area contributed by atoms with Gasteiger partial charge in [-0.15, -0.1) is 11.8 Å². The molecule has 1 rings (SSSR count). The zero-order chi connectivity index (χ0) is 15.2. The summed E-state index contributed by atoms with van der Waals surface area (Å²) >= 11 is 1.79. The van der Waals surface area contributed by atoms with Crippen molar-refractivity contribution in [1.82, 2.24) is 5.32 Å². The van der Waals surface area contributed by atoms with E-state index in [1.165, 1.54) is 16.7 Å². The Morgan fingerprint density at radius 3 is 2.20 bits per heavy atom. The van der Waals surface area contributed by atoms with Gasteiger partial charge in [0.05, 0.1) is 5.75 Å². The molecule has 0 atom stereocenters. The number of hydrogen-bond acceptors (Lipinski definition) is 4. The summed E-state index contributed by atoms with van der Waals surface area (Å²) < 4.78 is 21.9. The number of nitrogens with one attached hydrogen (secondary N) is 1. The highest BCUT2D eigenvalue weighted by Crippen LogP contribution is 2.25. The lowest BCUT2D eigenvalue weighted by Gasteiger charge is -2.19. The number of sulfone groups is 1. The maximum atomic E-state index is 11.0. The van der Waals surface area contributed by atoms with E-state index in [1.807, 2.05) is 0 Å². The number of rotatable bonds is 7. The fraction of sp³-hybridized carbons (Fsp3) is 0.600. The van der Waals surface area contributed by atoms with Gasteiger partial charge in [-0.25, -0.2) is 8.42 Å². The maximum absolute atomic E-state index is 11.0. The predicted octanol–water partition coefficient (Wildman–Crippen LogP) is 2.71. The molecule has 0 amide bonds. The molecule has 114 valence electrons. The summed E-state index contributed by atoms with van der Waals surface area (Å²) in [6, 6.07) is 8.67. The molecule has 0 unspecified atom stereocenters. The summed E-state index contributed by atoms with van der Waals surface area (Å²) in [6.45, 7) is 7.98. The Hall–Kier alpha value is -0.520. The Morgan fingerprint density at radius 1 is 1.10 bits per heavy atom. The number of hydrogen-bond donors (Lipinski definition) is 1. The summed E-state index contributed by atoms with van der Waals surface area (Å²) in [5, 5.41) is 3.15. The molecule has 0 fully saturated rings. The third kappa shape index (κ3) is 7.31. The lowest BCUT2D eigenvalue weighted by molar-refractivity contribution is 0.589. The Kier molecular flexibility index (Phi) is 6.55. The maximum Gasteiger partial charge on any atom is 0.148 e. The minimum absolute atomic E-state index is 0.191. The highest BCUT2D eigenvalue weighted by atomic mass is 32.2. The average molecular weight is 316 g/mol. The molecule has 0 saturated carbocycles. The van der Waals surface area contributed by atoms with E-state index in [0.29, 0.717) is 6.54 Å². The highest BCUT2D eigenvalue weighted by Gasteiger charge is 2.12.